The van der Waals surface area contributed by atoms with E-state index in [2.05, 4.69) is 10.3 Å². The highest BCUT2D eigenvalue weighted by atomic mass is 16.2. The van der Waals surface area contributed by atoms with Gasteiger partial charge in [-0.05, 0) is 18.2 Å². The summed E-state index contributed by atoms with van der Waals surface area (Å²) in [6, 6.07) is 9.41. The Hall–Kier alpha value is -2.89. The van der Waals surface area contributed by atoms with Gasteiger partial charge in [0, 0.05) is 31.9 Å². The molecule has 0 fully saturated rings. The first kappa shape index (κ1) is 14.5. The Kier molecular flexibility index (Phi) is 4.18. The number of carbonyl (C=O) groups excluding carboxylic acids is 2. The number of aromatic amines is 1. The van der Waals surface area contributed by atoms with Crippen molar-refractivity contribution in [2.24, 2.45) is 0 Å². The topological polar surface area (TPSA) is 82.3 Å². The van der Waals surface area contributed by atoms with Gasteiger partial charge in [0.05, 0.1) is 11.3 Å². The largest absolute Gasteiger partial charge is 0.345 e. The molecule has 0 atom stereocenters. The van der Waals surface area contributed by atoms with Gasteiger partial charge in [0.25, 0.3) is 11.8 Å². The van der Waals surface area contributed by atoms with Crippen LogP contribution in [0.15, 0.2) is 47.4 Å². The van der Waals surface area contributed by atoms with E-state index < -0.39 is 5.91 Å². The minimum Gasteiger partial charge on any atom is -0.345 e. The van der Waals surface area contributed by atoms with E-state index >= 15 is 0 Å². The number of amides is 2. The number of aromatic nitrogens is 1. The van der Waals surface area contributed by atoms with Crippen LogP contribution in [0.5, 0.6) is 0 Å². The average Bonchev–Trinajstić information content (AvgIpc) is 2.47. The molecule has 0 spiro atoms. The third-order valence-electron chi connectivity index (χ3n) is 2.85. The van der Waals surface area contributed by atoms with Crippen LogP contribution in [-0.4, -0.2) is 35.8 Å². The first-order chi connectivity index (χ1) is 9.99. The second-order valence-corrected chi connectivity index (χ2v) is 4.64. The maximum absolute atomic E-state index is 12.1. The van der Waals surface area contributed by atoms with Gasteiger partial charge < -0.3 is 15.2 Å². The van der Waals surface area contributed by atoms with Gasteiger partial charge in [-0.3, -0.25) is 14.4 Å². The summed E-state index contributed by atoms with van der Waals surface area (Å²) >= 11 is 0. The van der Waals surface area contributed by atoms with E-state index in [9.17, 15) is 14.4 Å². The van der Waals surface area contributed by atoms with E-state index in [-0.39, 0.29) is 17.0 Å². The zero-order valence-electron chi connectivity index (χ0n) is 11.7. The average molecular weight is 285 g/mol. The molecule has 2 aromatic rings. The van der Waals surface area contributed by atoms with Gasteiger partial charge in [-0.25, -0.2) is 0 Å². The van der Waals surface area contributed by atoms with E-state index in [1.165, 1.54) is 23.2 Å². The number of hydrogen-bond donors (Lipinski definition) is 2. The first-order valence-corrected chi connectivity index (χ1v) is 6.30. The van der Waals surface area contributed by atoms with Crippen LogP contribution < -0.4 is 10.9 Å². The van der Waals surface area contributed by atoms with Crippen molar-refractivity contribution in [3.63, 3.8) is 0 Å². The lowest BCUT2D eigenvalue weighted by atomic mass is 10.1. The van der Waals surface area contributed by atoms with Crippen molar-refractivity contribution in [2.45, 2.75) is 0 Å². The lowest BCUT2D eigenvalue weighted by Crippen LogP contribution is -2.24. The number of benzene rings is 1. The number of nitrogens with one attached hydrogen (secondary N) is 2. The molecule has 0 bridgehead atoms. The smallest absolute Gasteiger partial charge is 0.255 e. The van der Waals surface area contributed by atoms with Gasteiger partial charge in [0.2, 0.25) is 5.56 Å². The summed E-state index contributed by atoms with van der Waals surface area (Å²) in [5.74, 6) is -0.656. The van der Waals surface area contributed by atoms with E-state index in [1.54, 1.807) is 38.4 Å². The Labute approximate surface area is 121 Å². The Morgan fingerprint density at radius 1 is 1.14 bits per heavy atom. The maximum Gasteiger partial charge on any atom is 0.255 e. The summed E-state index contributed by atoms with van der Waals surface area (Å²) in [4.78, 5) is 39.3. The number of nitrogens with zero attached hydrogens (tertiary/aromatic N) is 1. The predicted octanol–water partition coefficient (Wildman–Crippen LogP) is 1.33. The maximum atomic E-state index is 12.1. The molecular weight excluding hydrogens is 270 g/mol. The third kappa shape index (κ3) is 3.36. The first-order valence-electron chi connectivity index (χ1n) is 6.30. The molecule has 1 aromatic heterocycles. The molecule has 1 heterocycles. The van der Waals surface area contributed by atoms with Gasteiger partial charge >= 0.3 is 0 Å². The van der Waals surface area contributed by atoms with E-state index in [1.807, 2.05) is 0 Å². The molecule has 2 rings (SSSR count). The SMILES string of the molecule is CN(C)C(=O)c1ccccc1NC(=O)c1cc[nH]c(=O)c1. The zero-order valence-corrected chi connectivity index (χ0v) is 11.7. The number of para-hydroxylation sites is 1. The van der Waals surface area contributed by atoms with Crippen molar-refractivity contribution < 1.29 is 9.59 Å². The highest BCUT2D eigenvalue weighted by Crippen LogP contribution is 2.17. The minimum atomic E-state index is -0.444. The fourth-order valence-corrected chi connectivity index (χ4v) is 1.80. The summed E-state index contributed by atoms with van der Waals surface area (Å²) in [5.41, 5.74) is 0.660. The van der Waals surface area contributed by atoms with Gasteiger partial charge in [-0.15, -0.1) is 0 Å². The molecule has 0 aliphatic carbocycles. The molecule has 0 aliphatic rings. The molecular formula is C15H15N3O3. The Morgan fingerprint density at radius 3 is 2.52 bits per heavy atom. The number of H-pyrrole nitrogens is 1. The molecule has 2 N–H and O–H groups in total. The summed E-state index contributed by atoms with van der Waals surface area (Å²) < 4.78 is 0. The molecule has 0 aliphatic heterocycles. The predicted molar refractivity (Wildman–Crippen MR) is 79.5 cm³/mol. The summed E-state index contributed by atoms with van der Waals surface area (Å²) in [6.07, 6.45) is 1.40. The Morgan fingerprint density at radius 2 is 1.86 bits per heavy atom. The molecule has 1 aromatic carbocycles. The van der Waals surface area contributed by atoms with Crippen LogP contribution in [0.4, 0.5) is 5.69 Å². The lowest BCUT2D eigenvalue weighted by Gasteiger charge is -2.14. The van der Waals surface area contributed by atoms with Gasteiger partial charge in [-0.1, -0.05) is 12.1 Å². The molecule has 0 radical (unpaired) electrons. The molecule has 0 saturated carbocycles. The number of pyridine rings is 1. The van der Waals surface area contributed by atoms with E-state index in [4.69, 9.17) is 0 Å². The van der Waals surface area contributed by atoms with Crippen molar-refractivity contribution in [2.75, 3.05) is 19.4 Å². The number of anilines is 1. The number of rotatable bonds is 3. The standard InChI is InChI=1S/C15H15N3O3/c1-18(2)15(21)11-5-3-4-6-12(11)17-14(20)10-7-8-16-13(19)9-10/h3-9H,1-2H3,(H,16,19)(H,17,20). The molecule has 21 heavy (non-hydrogen) atoms. The monoisotopic (exact) mass is 285 g/mol. The minimum absolute atomic E-state index is 0.211. The van der Waals surface area contributed by atoms with Crippen molar-refractivity contribution in [1.29, 1.82) is 0 Å². The normalized spacial score (nSPS) is 10.0. The second kappa shape index (κ2) is 6.04. The van der Waals surface area contributed by atoms with Crippen LogP contribution in [0, 0.1) is 0 Å². The highest BCUT2D eigenvalue weighted by molar-refractivity contribution is 6.08. The summed E-state index contributed by atoms with van der Waals surface area (Å²) in [5, 5.41) is 2.65. The van der Waals surface area contributed by atoms with Crippen LogP contribution in [0.25, 0.3) is 0 Å². The quantitative estimate of drug-likeness (QED) is 0.892. The van der Waals surface area contributed by atoms with Crippen molar-refractivity contribution in [3.8, 4) is 0 Å². The van der Waals surface area contributed by atoms with Crippen molar-refractivity contribution in [3.05, 3.63) is 64.1 Å². The number of hydrogen-bond acceptors (Lipinski definition) is 3. The van der Waals surface area contributed by atoms with E-state index in [0.717, 1.165) is 0 Å². The van der Waals surface area contributed by atoms with Crippen molar-refractivity contribution >= 4 is 17.5 Å². The molecule has 108 valence electrons. The molecule has 6 heteroatoms. The zero-order chi connectivity index (χ0) is 15.4. The van der Waals surface area contributed by atoms with Crippen LogP contribution in [0.3, 0.4) is 0 Å². The number of carbonyl (C=O) groups is 2. The molecule has 0 saturated heterocycles. The van der Waals surface area contributed by atoms with Crippen LogP contribution in [0.2, 0.25) is 0 Å². The van der Waals surface area contributed by atoms with Crippen LogP contribution in [-0.2, 0) is 0 Å². The van der Waals surface area contributed by atoms with Gasteiger partial charge in [0.1, 0.15) is 0 Å². The summed E-state index contributed by atoms with van der Waals surface area (Å²) in [7, 11) is 3.27. The molecule has 2 amide bonds. The third-order valence-corrected chi connectivity index (χ3v) is 2.85. The van der Waals surface area contributed by atoms with Crippen LogP contribution in [0.1, 0.15) is 20.7 Å². The Bertz CT molecular complexity index is 735. The van der Waals surface area contributed by atoms with Crippen LogP contribution >= 0.6 is 0 Å². The van der Waals surface area contributed by atoms with Gasteiger partial charge in [-0.2, -0.15) is 0 Å². The lowest BCUT2D eigenvalue weighted by molar-refractivity contribution is 0.0828. The fraction of sp³-hybridized carbons (Fsp3) is 0.133. The highest BCUT2D eigenvalue weighted by Gasteiger charge is 2.15. The fourth-order valence-electron chi connectivity index (χ4n) is 1.80. The second-order valence-electron chi connectivity index (χ2n) is 4.64. The molecule has 6 nitrogen and oxygen atoms in total. The molecule has 0 unspecified atom stereocenters. The van der Waals surface area contributed by atoms with E-state index in [0.29, 0.717) is 11.3 Å². The van der Waals surface area contributed by atoms with Crippen molar-refractivity contribution in [1.82, 2.24) is 9.88 Å². The Balaban J connectivity index is 2.30. The summed E-state index contributed by atoms with van der Waals surface area (Å²) in [6.45, 7) is 0. The van der Waals surface area contributed by atoms with Gasteiger partial charge in [0.15, 0.2) is 0 Å².